The molecule has 0 saturated carbocycles. The van der Waals surface area contributed by atoms with Crippen LogP contribution in [0.5, 0.6) is 5.75 Å². The van der Waals surface area contributed by atoms with Crippen molar-refractivity contribution in [3.05, 3.63) is 62.5 Å². The van der Waals surface area contributed by atoms with Gasteiger partial charge in [0.25, 0.3) is 11.8 Å². The van der Waals surface area contributed by atoms with Gasteiger partial charge < -0.3 is 15.4 Å². The number of thioether (sulfide) groups is 1. The first-order valence-electron chi connectivity index (χ1n) is 8.36. The Balaban J connectivity index is 1.71. The number of halogens is 1. The third kappa shape index (κ3) is 5.21. The Morgan fingerprint density at radius 2 is 2.04 bits per heavy atom. The van der Waals surface area contributed by atoms with E-state index >= 15 is 0 Å². The number of nitrogens with one attached hydrogen (secondary N) is 2. The van der Waals surface area contributed by atoms with Gasteiger partial charge in [-0.15, -0.1) is 0 Å². The lowest BCUT2D eigenvalue weighted by Crippen LogP contribution is -2.20. The highest BCUT2D eigenvalue weighted by atomic mass is 79.9. The molecule has 2 aromatic rings. The van der Waals surface area contributed by atoms with E-state index in [0.29, 0.717) is 20.5 Å². The molecule has 0 spiro atoms. The number of rotatable bonds is 5. The normalized spacial score (nSPS) is 14.9. The quantitative estimate of drug-likeness (QED) is 0.488. The number of anilines is 1. The first-order chi connectivity index (χ1) is 13.3. The second-order valence-electron chi connectivity index (χ2n) is 6.17. The molecule has 2 aromatic carbocycles. The molecule has 28 heavy (non-hydrogen) atoms. The van der Waals surface area contributed by atoms with Gasteiger partial charge in [-0.3, -0.25) is 9.59 Å². The van der Waals surface area contributed by atoms with Gasteiger partial charge in [0.2, 0.25) is 0 Å². The van der Waals surface area contributed by atoms with E-state index < -0.39 is 0 Å². The molecular weight excluding hydrogens is 460 g/mol. The minimum atomic E-state index is -0.265. The number of carbonyl (C=O) groups is 2. The molecule has 2 amide bonds. The van der Waals surface area contributed by atoms with Crippen LogP contribution < -0.4 is 15.4 Å². The van der Waals surface area contributed by atoms with Crippen LogP contribution in [0.2, 0.25) is 0 Å². The summed E-state index contributed by atoms with van der Waals surface area (Å²) in [5.74, 6) is -0.00972. The number of hydrogen-bond acceptors (Lipinski definition) is 5. The van der Waals surface area contributed by atoms with E-state index in [2.05, 4.69) is 26.6 Å². The van der Waals surface area contributed by atoms with E-state index in [9.17, 15) is 9.59 Å². The summed E-state index contributed by atoms with van der Waals surface area (Å²) in [5, 5.41) is 5.40. The molecular formula is C20H17BrN2O3S2. The number of aryl methyl sites for hydroxylation is 2. The van der Waals surface area contributed by atoms with E-state index in [1.807, 2.05) is 44.2 Å². The van der Waals surface area contributed by atoms with Gasteiger partial charge in [0.05, 0.1) is 4.91 Å². The SMILES string of the molecule is Cc1ccc(NC(=O)COc2ccc(Br)cc2/C=C2\SC(=S)NC2=O)cc1C. The van der Waals surface area contributed by atoms with E-state index in [-0.39, 0.29) is 18.4 Å². The van der Waals surface area contributed by atoms with Crippen LogP contribution in [-0.2, 0) is 9.59 Å². The molecule has 144 valence electrons. The molecule has 0 radical (unpaired) electrons. The average molecular weight is 477 g/mol. The van der Waals surface area contributed by atoms with Crippen LogP contribution in [0.3, 0.4) is 0 Å². The molecule has 1 heterocycles. The van der Waals surface area contributed by atoms with Crippen LogP contribution in [-0.4, -0.2) is 22.7 Å². The number of ether oxygens (including phenoxy) is 1. The summed E-state index contributed by atoms with van der Waals surface area (Å²) in [6.07, 6.45) is 1.70. The standard InChI is InChI=1S/C20H17BrN2O3S2/c1-11-3-5-15(7-12(11)2)22-18(24)10-26-16-6-4-14(21)8-13(16)9-17-19(25)23-20(27)28-17/h3-9H,10H2,1-2H3,(H,22,24)(H,23,25,27)/b17-9-. The molecule has 0 aliphatic carbocycles. The zero-order valence-electron chi connectivity index (χ0n) is 15.2. The van der Waals surface area contributed by atoms with Gasteiger partial charge in [-0.2, -0.15) is 0 Å². The molecule has 3 rings (SSSR count). The first-order valence-corrected chi connectivity index (χ1v) is 10.4. The molecule has 1 saturated heterocycles. The molecule has 1 aliphatic heterocycles. The number of carbonyl (C=O) groups excluding carboxylic acids is 2. The van der Waals surface area contributed by atoms with E-state index in [1.165, 1.54) is 11.8 Å². The molecule has 0 bridgehead atoms. The zero-order valence-corrected chi connectivity index (χ0v) is 18.4. The van der Waals surface area contributed by atoms with Crippen molar-refractivity contribution in [3.63, 3.8) is 0 Å². The topological polar surface area (TPSA) is 67.4 Å². The van der Waals surface area contributed by atoms with Crippen molar-refractivity contribution in [1.82, 2.24) is 5.32 Å². The minimum absolute atomic E-state index is 0.150. The lowest BCUT2D eigenvalue weighted by Gasteiger charge is -2.11. The lowest BCUT2D eigenvalue weighted by atomic mass is 10.1. The molecule has 8 heteroatoms. The molecule has 1 fully saturated rings. The Morgan fingerprint density at radius 3 is 2.71 bits per heavy atom. The third-order valence-corrected chi connectivity index (χ3v) is 5.71. The summed E-state index contributed by atoms with van der Waals surface area (Å²) >= 11 is 9.62. The van der Waals surface area contributed by atoms with Gasteiger partial charge in [0.15, 0.2) is 6.61 Å². The molecule has 1 aliphatic rings. The van der Waals surface area contributed by atoms with Crippen LogP contribution in [0.15, 0.2) is 45.8 Å². The Kier molecular flexibility index (Phi) is 6.53. The fourth-order valence-electron chi connectivity index (χ4n) is 2.49. The largest absolute Gasteiger partial charge is 0.483 e. The summed E-state index contributed by atoms with van der Waals surface area (Å²) in [7, 11) is 0. The van der Waals surface area contributed by atoms with Gasteiger partial charge in [0.1, 0.15) is 10.1 Å². The Labute approximate surface area is 181 Å². The molecule has 0 atom stereocenters. The van der Waals surface area contributed by atoms with Crippen molar-refractivity contribution < 1.29 is 14.3 Å². The number of thiocarbonyl (C=S) groups is 1. The van der Waals surface area contributed by atoms with Crippen molar-refractivity contribution >= 4 is 67.8 Å². The van der Waals surface area contributed by atoms with Gasteiger partial charge in [0, 0.05) is 15.7 Å². The lowest BCUT2D eigenvalue weighted by molar-refractivity contribution is -0.118. The second-order valence-corrected chi connectivity index (χ2v) is 8.80. The predicted molar refractivity (Wildman–Crippen MR) is 120 cm³/mol. The Bertz CT molecular complexity index is 1000. The van der Waals surface area contributed by atoms with E-state index in [4.69, 9.17) is 17.0 Å². The summed E-state index contributed by atoms with van der Waals surface area (Å²) < 4.78 is 6.95. The molecule has 5 nitrogen and oxygen atoms in total. The predicted octanol–water partition coefficient (Wildman–Crippen LogP) is 4.57. The highest BCUT2D eigenvalue weighted by Crippen LogP contribution is 2.31. The molecule has 0 unspecified atom stereocenters. The summed E-state index contributed by atoms with van der Waals surface area (Å²) in [4.78, 5) is 24.6. The maximum Gasteiger partial charge on any atom is 0.263 e. The summed E-state index contributed by atoms with van der Waals surface area (Å²) in [6, 6.07) is 11.1. The third-order valence-electron chi connectivity index (χ3n) is 4.05. The Morgan fingerprint density at radius 1 is 1.25 bits per heavy atom. The van der Waals surface area contributed by atoms with E-state index in [1.54, 1.807) is 12.1 Å². The monoisotopic (exact) mass is 476 g/mol. The fourth-order valence-corrected chi connectivity index (χ4v) is 3.90. The van der Waals surface area contributed by atoms with Gasteiger partial charge in [-0.05, 0) is 61.4 Å². The van der Waals surface area contributed by atoms with Crippen molar-refractivity contribution in [2.75, 3.05) is 11.9 Å². The van der Waals surface area contributed by atoms with E-state index in [0.717, 1.165) is 21.3 Å². The van der Waals surface area contributed by atoms with Crippen LogP contribution >= 0.6 is 39.9 Å². The Hall–Kier alpha value is -2.16. The molecule has 0 aromatic heterocycles. The van der Waals surface area contributed by atoms with Crippen LogP contribution in [0.4, 0.5) is 5.69 Å². The number of benzene rings is 2. The highest BCUT2D eigenvalue weighted by Gasteiger charge is 2.22. The van der Waals surface area contributed by atoms with Crippen molar-refractivity contribution in [1.29, 1.82) is 0 Å². The zero-order chi connectivity index (χ0) is 20.3. The minimum Gasteiger partial charge on any atom is -0.483 e. The summed E-state index contributed by atoms with van der Waals surface area (Å²) in [5.41, 5.74) is 3.67. The highest BCUT2D eigenvalue weighted by molar-refractivity contribution is 9.10. The van der Waals surface area contributed by atoms with Crippen molar-refractivity contribution in [2.45, 2.75) is 13.8 Å². The van der Waals surface area contributed by atoms with Crippen molar-refractivity contribution in [3.8, 4) is 5.75 Å². The average Bonchev–Trinajstić information content (AvgIpc) is 2.94. The summed E-state index contributed by atoms with van der Waals surface area (Å²) in [6.45, 7) is 3.86. The molecule has 2 N–H and O–H groups in total. The number of hydrogen-bond donors (Lipinski definition) is 2. The van der Waals surface area contributed by atoms with Gasteiger partial charge >= 0.3 is 0 Å². The van der Waals surface area contributed by atoms with Crippen molar-refractivity contribution in [2.24, 2.45) is 0 Å². The van der Waals surface area contributed by atoms with Gasteiger partial charge in [-0.25, -0.2) is 0 Å². The smallest absolute Gasteiger partial charge is 0.263 e. The maximum absolute atomic E-state index is 12.3. The fraction of sp³-hybridized carbons (Fsp3) is 0.150. The van der Waals surface area contributed by atoms with Crippen LogP contribution in [0.1, 0.15) is 16.7 Å². The first kappa shape index (κ1) is 20.6. The second kappa shape index (κ2) is 8.89. The number of amides is 2. The van der Waals surface area contributed by atoms with Crippen LogP contribution in [0.25, 0.3) is 6.08 Å². The van der Waals surface area contributed by atoms with Crippen LogP contribution in [0, 0.1) is 13.8 Å². The maximum atomic E-state index is 12.3. The van der Waals surface area contributed by atoms with Gasteiger partial charge in [-0.1, -0.05) is 46.0 Å².